The molecule has 0 amide bonds. The van der Waals surface area contributed by atoms with E-state index in [1.54, 1.807) is 0 Å². The lowest BCUT2D eigenvalue weighted by Gasteiger charge is -2.07. The van der Waals surface area contributed by atoms with Gasteiger partial charge in [-0.15, -0.1) is 11.8 Å². The van der Waals surface area contributed by atoms with Gasteiger partial charge >= 0.3 is 11.7 Å². The first-order chi connectivity index (χ1) is 9.88. The van der Waals surface area contributed by atoms with Crippen LogP contribution in [0.5, 0.6) is 0 Å². The fourth-order valence-corrected chi connectivity index (χ4v) is 2.71. The first-order valence-corrected chi connectivity index (χ1v) is 6.78. The molecule has 1 aromatic heterocycles. The van der Waals surface area contributed by atoms with Crippen LogP contribution >= 0.6 is 11.8 Å². The summed E-state index contributed by atoms with van der Waals surface area (Å²) < 4.78 is 25.9. The first-order valence-electron chi connectivity index (χ1n) is 5.79. The zero-order valence-electron chi connectivity index (χ0n) is 10.8. The number of carbonyl (C=O) groups is 1. The third-order valence-electron chi connectivity index (χ3n) is 2.66. The van der Waals surface area contributed by atoms with Crippen molar-refractivity contribution < 1.29 is 18.7 Å². The van der Waals surface area contributed by atoms with E-state index in [1.165, 1.54) is 13.0 Å². The number of benzene rings is 1. The SMILES string of the molecule is Cc1[nH]c(=O)nc(SCc2ccc(F)c(F)c2)c1C(=O)O. The average Bonchev–Trinajstić information content (AvgIpc) is 2.38. The van der Waals surface area contributed by atoms with Crippen molar-refractivity contribution in [1.82, 2.24) is 9.97 Å². The lowest BCUT2D eigenvalue weighted by atomic mass is 10.2. The summed E-state index contributed by atoms with van der Waals surface area (Å²) in [5.74, 6) is -3.00. The summed E-state index contributed by atoms with van der Waals surface area (Å²) in [7, 11) is 0. The summed E-state index contributed by atoms with van der Waals surface area (Å²) in [5, 5.41) is 9.17. The van der Waals surface area contributed by atoms with E-state index in [1.807, 2.05) is 0 Å². The number of hydrogen-bond acceptors (Lipinski definition) is 4. The summed E-state index contributed by atoms with van der Waals surface area (Å²) in [6.07, 6.45) is 0. The van der Waals surface area contributed by atoms with Gasteiger partial charge in [0.1, 0.15) is 10.6 Å². The minimum Gasteiger partial charge on any atom is -0.478 e. The van der Waals surface area contributed by atoms with Crippen LogP contribution in [0, 0.1) is 18.6 Å². The van der Waals surface area contributed by atoms with E-state index in [9.17, 15) is 18.4 Å². The van der Waals surface area contributed by atoms with Gasteiger partial charge < -0.3 is 10.1 Å². The molecule has 2 aromatic rings. The summed E-state index contributed by atoms with van der Waals surface area (Å²) in [6.45, 7) is 1.45. The Morgan fingerprint density at radius 3 is 2.71 bits per heavy atom. The number of nitrogens with one attached hydrogen (secondary N) is 1. The normalized spacial score (nSPS) is 10.6. The van der Waals surface area contributed by atoms with E-state index in [0.29, 0.717) is 5.56 Å². The van der Waals surface area contributed by atoms with Crippen molar-refractivity contribution in [2.24, 2.45) is 0 Å². The van der Waals surface area contributed by atoms with Crippen molar-refractivity contribution in [3.63, 3.8) is 0 Å². The third-order valence-corrected chi connectivity index (χ3v) is 3.71. The number of carboxylic acids is 1. The molecule has 21 heavy (non-hydrogen) atoms. The van der Waals surface area contributed by atoms with Crippen LogP contribution in [0.2, 0.25) is 0 Å². The lowest BCUT2D eigenvalue weighted by Crippen LogP contribution is -2.18. The fourth-order valence-electron chi connectivity index (χ4n) is 1.70. The van der Waals surface area contributed by atoms with Gasteiger partial charge in [0.2, 0.25) is 0 Å². The highest BCUT2D eigenvalue weighted by atomic mass is 32.2. The number of aromatic nitrogens is 2. The highest BCUT2D eigenvalue weighted by molar-refractivity contribution is 7.98. The minimum atomic E-state index is -1.22. The second-order valence-electron chi connectivity index (χ2n) is 4.19. The van der Waals surface area contributed by atoms with E-state index in [4.69, 9.17) is 5.11 Å². The van der Waals surface area contributed by atoms with Crippen molar-refractivity contribution in [2.45, 2.75) is 17.7 Å². The second kappa shape index (κ2) is 6.04. The largest absolute Gasteiger partial charge is 0.478 e. The lowest BCUT2D eigenvalue weighted by molar-refractivity contribution is 0.0690. The Kier molecular flexibility index (Phi) is 4.37. The zero-order chi connectivity index (χ0) is 15.6. The molecule has 0 atom stereocenters. The van der Waals surface area contributed by atoms with Gasteiger partial charge in [-0.1, -0.05) is 6.07 Å². The predicted octanol–water partition coefficient (Wildman–Crippen LogP) is 2.35. The minimum absolute atomic E-state index is 0.0356. The number of aryl methyl sites for hydroxylation is 1. The van der Waals surface area contributed by atoms with Crippen molar-refractivity contribution in [2.75, 3.05) is 0 Å². The molecule has 0 fully saturated rings. The molecular weight excluding hydrogens is 302 g/mol. The Hall–Kier alpha value is -2.22. The smallest absolute Gasteiger partial charge is 0.346 e. The Morgan fingerprint density at radius 1 is 1.38 bits per heavy atom. The van der Waals surface area contributed by atoms with Crippen LogP contribution in [-0.4, -0.2) is 21.0 Å². The van der Waals surface area contributed by atoms with Crippen LogP contribution in [0.15, 0.2) is 28.0 Å². The average molecular weight is 312 g/mol. The van der Waals surface area contributed by atoms with E-state index in [2.05, 4.69) is 9.97 Å². The molecule has 0 saturated heterocycles. The van der Waals surface area contributed by atoms with Gasteiger partial charge in [0.15, 0.2) is 11.6 Å². The summed E-state index contributed by atoms with van der Waals surface area (Å²) in [5.41, 5.74) is -0.127. The second-order valence-corrected chi connectivity index (χ2v) is 5.15. The van der Waals surface area contributed by atoms with Crippen LogP contribution in [0.4, 0.5) is 8.78 Å². The number of rotatable bonds is 4. The number of thioether (sulfide) groups is 1. The number of carboxylic acid groups (broad SMARTS) is 1. The van der Waals surface area contributed by atoms with E-state index in [-0.39, 0.29) is 22.0 Å². The zero-order valence-corrected chi connectivity index (χ0v) is 11.6. The molecule has 8 heteroatoms. The molecular formula is C13H10F2N2O3S. The number of hydrogen-bond donors (Lipinski definition) is 2. The predicted molar refractivity (Wildman–Crippen MR) is 72.5 cm³/mol. The fraction of sp³-hybridized carbons (Fsp3) is 0.154. The topological polar surface area (TPSA) is 83.0 Å². The number of aromatic carboxylic acids is 1. The highest BCUT2D eigenvalue weighted by Gasteiger charge is 2.17. The highest BCUT2D eigenvalue weighted by Crippen LogP contribution is 2.25. The summed E-state index contributed by atoms with van der Waals surface area (Å²) in [4.78, 5) is 28.4. The van der Waals surface area contributed by atoms with E-state index in [0.717, 1.165) is 23.9 Å². The quantitative estimate of drug-likeness (QED) is 0.669. The van der Waals surface area contributed by atoms with Crippen LogP contribution < -0.4 is 5.69 Å². The number of halogens is 2. The van der Waals surface area contributed by atoms with Crippen LogP contribution in [0.25, 0.3) is 0 Å². The van der Waals surface area contributed by atoms with Gasteiger partial charge in [-0.2, -0.15) is 4.98 Å². The molecule has 1 heterocycles. The molecule has 110 valence electrons. The van der Waals surface area contributed by atoms with Crippen molar-refractivity contribution in [3.8, 4) is 0 Å². The maximum absolute atomic E-state index is 13.1. The maximum Gasteiger partial charge on any atom is 0.346 e. The molecule has 0 bridgehead atoms. The molecule has 0 aliphatic carbocycles. The molecule has 1 aromatic carbocycles. The molecule has 5 nitrogen and oxygen atoms in total. The van der Waals surface area contributed by atoms with Crippen LogP contribution in [0.1, 0.15) is 21.6 Å². The first kappa shape index (κ1) is 15.2. The third kappa shape index (κ3) is 3.46. The molecule has 2 rings (SSSR count). The van der Waals surface area contributed by atoms with Gasteiger partial charge in [-0.05, 0) is 24.6 Å². The number of H-pyrrole nitrogens is 1. The van der Waals surface area contributed by atoms with Gasteiger partial charge in [-0.3, -0.25) is 0 Å². The molecule has 0 aliphatic rings. The maximum atomic E-state index is 13.1. The Bertz CT molecular complexity index is 762. The molecule has 0 saturated carbocycles. The van der Waals surface area contributed by atoms with Crippen molar-refractivity contribution in [3.05, 3.63) is 57.1 Å². The van der Waals surface area contributed by atoms with E-state index >= 15 is 0 Å². The van der Waals surface area contributed by atoms with Gasteiger partial charge in [0.05, 0.1) is 0 Å². The van der Waals surface area contributed by atoms with Gasteiger partial charge in [-0.25, -0.2) is 18.4 Å². The van der Waals surface area contributed by atoms with Crippen LogP contribution in [0.3, 0.4) is 0 Å². The molecule has 2 N–H and O–H groups in total. The molecule has 0 unspecified atom stereocenters. The van der Waals surface area contributed by atoms with Gasteiger partial charge in [0.25, 0.3) is 0 Å². The van der Waals surface area contributed by atoms with Crippen molar-refractivity contribution >= 4 is 17.7 Å². The summed E-state index contributed by atoms with van der Waals surface area (Å²) in [6, 6.07) is 3.38. The molecule has 0 aliphatic heterocycles. The molecule has 0 radical (unpaired) electrons. The Labute approximate surface area is 122 Å². The van der Waals surface area contributed by atoms with Crippen molar-refractivity contribution in [1.29, 1.82) is 0 Å². The standard InChI is InChI=1S/C13H10F2N2O3S/c1-6-10(12(18)19)11(17-13(20)16-6)21-5-7-2-3-8(14)9(15)4-7/h2-4H,5H2,1H3,(H,18,19)(H,16,17,20). The van der Waals surface area contributed by atoms with Crippen LogP contribution in [-0.2, 0) is 5.75 Å². The number of aromatic amines is 1. The Balaban J connectivity index is 2.29. The summed E-state index contributed by atoms with van der Waals surface area (Å²) >= 11 is 0.970. The monoisotopic (exact) mass is 312 g/mol. The van der Waals surface area contributed by atoms with E-state index < -0.39 is 23.3 Å². The Morgan fingerprint density at radius 2 is 2.10 bits per heavy atom. The molecule has 0 spiro atoms. The van der Waals surface area contributed by atoms with Gasteiger partial charge in [0, 0.05) is 11.4 Å². The number of nitrogens with zero attached hydrogens (tertiary/aromatic N) is 1.